The molecule has 0 heterocycles. The van der Waals surface area contributed by atoms with Crippen molar-refractivity contribution in [3.05, 3.63) is 65.5 Å². The number of likely N-dealkylation sites (N-methyl/N-ethyl adjacent to an activating group) is 1. The minimum atomic E-state index is -0.464. The van der Waals surface area contributed by atoms with E-state index in [2.05, 4.69) is 29.4 Å². The highest BCUT2D eigenvalue weighted by atomic mass is 19.1. The quantitative estimate of drug-likeness (QED) is 0.763. The van der Waals surface area contributed by atoms with E-state index in [1.54, 1.807) is 24.3 Å². The zero-order chi connectivity index (χ0) is 18.9. The summed E-state index contributed by atoms with van der Waals surface area (Å²) in [6, 6.07) is 12.1. The number of anilines is 1. The lowest BCUT2D eigenvalue weighted by Gasteiger charge is -2.18. The smallest absolute Gasteiger partial charge is 0.255 e. The highest BCUT2D eigenvalue weighted by Gasteiger charge is 2.09. The number of nitrogens with one attached hydrogen (secondary N) is 2. The van der Waals surface area contributed by atoms with Crippen molar-refractivity contribution >= 4 is 17.5 Å². The monoisotopic (exact) mass is 357 g/mol. The Bertz CT molecular complexity index is 743. The van der Waals surface area contributed by atoms with Crippen LogP contribution in [0.25, 0.3) is 0 Å². The molecule has 2 aromatic rings. The van der Waals surface area contributed by atoms with Gasteiger partial charge < -0.3 is 15.5 Å². The van der Waals surface area contributed by atoms with Crippen molar-refractivity contribution in [2.24, 2.45) is 0 Å². The van der Waals surface area contributed by atoms with Gasteiger partial charge in [-0.2, -0.15) is 0 Å². The predicted octanol–water partition coefficient (Wildman–Crippen LogP) is 3.15. The van der Waals surface area contributed by atoms with Gasteiger partial charge in [0.05, 0.1) is 0 Å². The summed E-state index contributed by atoms with van der Waals surface area (Å²) in [5.41, 5.74) is 1.30. The fraction of sp³-hybridized carbons (Fsp3) is 0.300. The molecule has 0 aliphatic heterocycles. The molecule has 0 atom stereocenters. The molecule has 5 nitrogen and oxygen atoms in total. The van der Waals surface area contributed by atoms with Crippen LogP contribution in [0.3, 0.4) is 0 Å². The van der Waals surface area contributed by atoms with E-state index >= 15 is 0 Å². The molecule has 0 saturated heterocycles. The molecule has 0 spiro atoms. The second-order valence-electron chi connectivity index (χ2n) is 5.82. The molecule has 0 unspecified atom stereocenters. The van der Waals surface area contributed by atoms with Gasteiger partial charge in [-0.1, -0.05) is 19.9 Å². The molecule has 0 aliphatic rings. The maximum Gasteiger partial charge on any atom is 0.255 e. The van der Waals surface area contributed by atoms with Crippen LogP contribution >= 0.6 is 0 Å². The number of rotatable bonds is 8. The second-order valence-corrected chi connectivity index (χ2v) is 5.82. The lowest BCUT2D eigenvalue weighted by Crippen LogP contribution is -2.34. The molecule has 2 N–H and O–H groups in total. The fourth-order valence-electron chi connectivity index (χ4n) is 2.51. The molecule has 6 heteroatoms. The van der Waals surface area contributed by atoms with Crippen LogP contribution in [0.5, 0.6) is 0 Å². The van der Waals surface area contributed by atoms with Crippen LogP contribution < -0.4 is 10.6 Å². The van der Waals surface area contributed by atoms with Gasteiger partial charge >= 0.3 is 0 Å². The average molecular weight is 357 g/mol. The van der Waals surface area contributed by atoms with Crippen molar-refractivity contribution in [2.45, 2.75) is 13.8 Å². The Kier molecular flexibility index (Phi) is 7.29. The predicted molar refractivity (Wildman–Crippen MR) is 101 cm³/mol. The van der Waals surface area contributed by atoms with Gasteiger partial charge in [-0.3, -0.25) is 9.59 Å². The third-order valence-corrected chi connectivity index (χ3v) is 4.10. The Morgan fingerprint density at radius 2 is 1.65 bits per heavy atom. The molecule has 0 fully saturated rings. The molecule has 2 aromatic carbocycles. The van der Waals surface area contributed by atoms with Gasteiger partial charge in [0.15, 0.2) is 0 Å². The topological polar surface area (TPSA) is 61.4 Å². The van der Waals surface area contributed by atoms with E-state index in [1.807, 2.05) is 0 Å². The molecule has 138 valence electrons. The van der Waals surface area contributed by atoms with Gasteiger partial charge in [0.1, 0.15) is 5.82 Å². The van der Waals surface area contributed by atoms with E-state index in [0.717, 1.165) is 19.6 Å². The summed E-state index contributed by atoms with van der Waals surface area (Å²) in [4.78, 5) is 26.4. The Labute approximate surface area is 153 Å². The third-order valence-electron chi connectivity index (χ3n) is 4.10. The summed E-state index contributed by atoms with van der Waals surface area (Å²) in [6.45, 7) is 7.46. The number of benzene rings is 2. The summed E-state index contributed by atoms with van der Waals surface area (Å²) in [5.74, 6) is -1.02. The molecular weight excluding hydrogens is 333 g/mol. The number of carbonyl (C=O) groups is 2. The first-order valence-corrected chi connectivity index (χ1v) is 8.71. The second kappa shape index (κ2) is 9.68. The van der Waals surface area contributed by atoms with Gasteiger partial charge in [-0.05, 0) is 55.6 Å². The highest BCUT2D eigenvalue weighted by Crippen LogP contribution is 2.12. The summed E-state index contributed by atoms with van der Waals surface area (Å²) in [7, 11) is 0. The SMILES string of the molecule is CCN(CC)CCNC(=O)c1ccc(NC(=O)c2cccc(F)c2)cc1. The first-order valence-electron chi connectivity index (χ1n) is 8.71. The molecule has 0 aromatic heterocycles. The largest absolute Gasteiger partial charge is 0.351 e. The zero-order valence-corrected chi connectivity index (χ0v) is 15.1. The molecule has 2 rings (SSSR count). The normalized spacial score (nSPS) is 10.6. The minimum absolute atomic E-state index is 0.153. The van der Waals surface area contributed by atoms with Gasteiger partial charge in [0.2, 0.25) is 0 Å². The molecular formula is C20H24FN3O2. The van der Waals surface area contributed by atoms with Crippen LogP contribution in [0, 0.1) is 5.82 Å². The Balaban J connectivity index is 1.89. The number of hydrogen-bond donors (Lipinski definition) is 2. The Morgan fingerprint density at radius 1 is 0.962 bits per heavy atom. The number of nitrogens with zero attached hydrogens (tertiary/aromatic N) is 1. The van der Waals surface area contributed by atoms with Gasteiger partial charge in [0.25, 0.3) is 11.8 Å². The van der Waals surface area contributed by atoms with Crippen molar-refractivity contribution in [1.29, 1.82) is 0 Å². The van der Waals surface area contributed by atoms with Crippen LogP contribution in [0.15, 0.2) is 48.5 Å². The number of hydrogen-bond acceptors (Lipinski definition) is 3. The minimum Gasteiger partial charge on any atom is -0.351 e. The Hall–Kier alpha value is -2.73. The molecule has 26 heavy (non-hydrogen) atoms. The zero-order valence-electron chi connectivity index (χ0n) is 15.1. The number of halogens is 1. The van der Waals surface area contributed by atoms with Crippen molar-refractivity contribution in [3.8, 4) is 0 Å². The molecule has 0 radical (unpaired) electrons. The summed E-state index contributed by atoms with van der Waals surface area (Å²) in [6.07, 6.45) is 0. The van der Waals surface area contributed by atoms with Gasteiger partial charge in [-0.15, -0.1) is 0 Å². The van der Waals surface area contributed by atoms with E-state index in [1.165, 1.54) is 24.3 Å². The lowest BCUT2D eigenvalue weighted by molar-refractivity contribution is 0.0948. The van der Waals surface area contributed by atoms with Crippen LogP contribution in [0.2, 0.25) is 0 Å². The van der Waals surface area contributed by atoms with E-state index in [-0.39, 0.29) is 11.5 Å². The maximum absolute atomic E-state index is 13.2. The average Bonchev–Trinajstić information content (AvgIpc) is 2.65. The van der Waals surface area contributed by atoms with E-state index in [4.69, 9.17) is 0 Å². The van der Waals surface area contributed by atoms with Crippen LogP contribution in [-0.2, 0) is 0 Å². The Morgan fingerprint density at radius 3 is 2.27 bits per heavy atom. The van der Waals surface area contributed by atoms with Crippen LogP contribution in [0.1, 0.15) is 34.6 Å². The van der Waals surface area contributed by atoms with Crippen molar-refractivity contribution in [3.63, 3.8) is 0 Å². The van der Waals surface area contributed by atoms with Crippen molar-refractivity contribution in [1.82, 2.24) is 10.2 Å². The standard InChI is InChI=1S/C20H24FN3O2/c1-3-24(4-2)13-12-22-19(25)15-8-10-18(11-9-15)23-20(26)16-6-5-7-17(21)14-16/h5-11,14H,3-4,12-13H2,1-2H3,(H,22,25)(H,23,26). The summed E-state index contributed by atoms with van der Waals surface area (Å²) >= 11 is 0. The third kappa shape index (κ3) is 5.67. The highest BCUT2D eigenvalue weighted by molar-refractivity contribution is 6.04. The van der Waals surface area contributed by atoms with E-state index < -0.39 is 11.7 Å². The lowest BCUT2D eigenvalue weighted by atomic mass is 10.1. The van der Waals surface area contributed by atoms with Crippen molar-refractivity contribution in [2.75, 3.05) is 31.5 Å². The number of amides is 2. The van der Waals surface area contributed by atoms with Gasteiger partial charge in [0, 0.05) is 29.9 Å². The maximum atomic E-state index is 13.2. The molecule has 2 amide bonds. The molecule has 0 bridgehead atoms. The van der Waals surface area contributed by atoms with Gasteiger partial charge in [-0.25, -0.2) is 4.39 Å². The summed E-state index contributed by atoms with van der Waals surface area (Å²) in [5, 5.41) is 5.56. The van der Waals surface area contributed by atoms with E-state index in [9.17, 15) is 14.0 Å². The summed E-state index contributed by atoms with van der Waals surface area (Å²) < 4.78 is 13.2. The molecule has 0 saturated carbocycles. The van der Waals surface area contributed by atoms with Crippen LogP contribution in [0.4, 0.5) is 10.1 Å². The van der Waals surface area contributed by atoms with Crippen molar-refractivity contribution < 1.29 is 14.0 Å². The number of carbonyl (C=O) groups excluding carboxylic acids is 2. The van der Waals surface area contributed by atoms with Crippen LogP contribution in [-0.4, -0.2) is 42.9 Å². The first-order chi connectivity index (χ1) is 12.5. The first kappa shape index (κ1) is 19.6. The fourth-order valence-corrected chi connectivity index (χ4v) is 2.51. The van der Waals surface area contributed by atoms with E-state index in [0.29, 0.717) is 17.8 Å². The molecule has 0 aliphatic carbocycles.